The summed E-state index contributed by atoms with van der Waals surface area (Å²) in [5.41, 5.74) is 0.712. The van der Waals surface area contributed by atoms with Crippen LogP contribution >= 0.6 is 34.7 Å². The zero-order chi connectivity index (χ0) is 15.1. The molecule has 112 valence electrons. The number of benzene rings is 1. The van der Waals surface area contributed by atoms with E-state index in [1.165, 1.54) is 4.88 Å². The zero-order valence-corrected chi connectivity index (χ0v) is 14.0. The van der Waals surface area contributed by atoms with Crippen LogP contribution in [0, 0.1) is 0 Å². The summed E-state index contributed by atoms with van der Waals surface area (Å²) in [5.74, 6) is 1.85. The molecule has 3 nitrogen and oxygen atoms in total. The molecular weight excluding hydrogens is 326 g/mol. The van der Waals surface area contributed by atoms with E-state index in [0.717, 1.165) is 10.1 Å². The Morgan fingerprint density at radius 1 is 1.33 bits per heavy atom. The lowest BCUT2D eigenvalue weighted by Gasteiger charge is -2.10. The minimum absolute atomic E-state index is 0.0326. The van der Waals surface area contributed by atoms with Crippen LogP contribution in [-0.2, 0) is 10.5 Å². The highest BCUT2D eigenvalue weighted by atomic mass is 35.5. The number of amides is 1. The number of thiophene rings is 1. The Hall–Kier alpha value is -1.17. The van der Waals surface area contributed by atoms with Crippen molar-refractivity contribution in [2.24, 2.45) is 0 Å². The Kier molecular flexibility index (Phi) is 6.42. The van der Waals surface area contributed by atoms with Crippen molar-refractivity contribution >= 4 is 46.3 Å². The van der Waals surface area contributed by atoms with Crippen LogP contribution in [0.1, 0.15) is 11.8 Å². The highest BCUT2D eigenvalue weighted by Crippen LogP contribution is 2.26. The van der Waals surface area contributed by atoms with Gasteiger partial charge >= 0.3 is 0 Å². The minimum Gasteiger partial charge on any atom is -0.492 e. The lowest BCUT2D eigenvalue weighted by molar-refractivity contribution is -0.113. The number of para-hydroxylation sites is 2. The number of halogens is 1. The van der Waals surface area contributed by atoms with Gasteiger partial charge in [-0.25, -0.2) is 0 Å². The van der Waals surface area contributed by atoms with Crippen molar-refractivity contribution in [3.8, 4) is 5.75 Å². The third-order valence-electron chi connectivity index (χ3n) is 2.57. The van der Waals surface area contributed by atoms with E-state index in [0.29, 0.717) is 23.8 Å². The second-order valence-corrected chi connectivity index (χ2v) is 6.96. The van der Waals surface area contributed by atoms with Gasteiger partial charge in [0.1, 0.15) is 5.75 Å². The first kappa shape index (κ1) is 16.2. The average molecular weight is 342 g/mol. The molecule has 6 heteroatoms. The summed E-state index contributed by atoms with van der Waals surface area (Å²) in [6.45, 7) is 2.49. The highest BCUT2D eigenvalue weighted by Gasteiger charge is 2.08. The molecule has 0 spiro atoms. The van der Waals surface area contributed by atoms with Gasteiger partial charge in [0.15, 0.2) is 0 Å². The number of hydrogen-bond acceptors (Lipinski definition) is 4. The molecule has 0 aliphatic heterocycles. The van der Waals surface area contributed by atoms with E-state index in [2.05, 4.69) is 5.32 Å². The maximum atomic E-state index is 12.0. The average Bonchev–Trinajstić information content (AvgIpc) is 2.87. The molecule has 0 bridgehead atoms. The molecular formula is C15H16ClNO2S2. The zero-order valence-electron chi connectivity index (χ0n) is 11.6. The topological polar surface area (TPSA) is 38.3 Å². The van der Waals surface area contributed by atoms with Crippen LogP contribution in [0.25, 0.3) is 0 Å². The van der Waals surface area contributed by atoms with Crippen molar-refractivity contribution in [3.63, 3.8) is 0 Å². The molecule has 0 atom stereocenters. The molecule has 0 radical (unpaired) electrons. The number of rotatable bonds is 7. The number of anilines is 1. The third-order valence-corrected chi connectivity index (χ3v) is 4.96. The summed E-state index contributed by atoms with van der Waals surface area (Å²) in [6.07, 6.45) is 0. The monoisotopic (exact) mass is 341 g/mol. The van der Waals surface area contributed by atoms with Crippen molar-refractivity contribution in [1.29, 1.82) is 0 Å². The number of carbonyl (C=O) groups is 1. The Bertz CT molecular complexity index is 601. The van der Waals surface area contributed by atoms with E-state index in [9.17, 15) is 4.79 Å². The van der Waals surface area contributed by atoms with E-state index < -0.39 is 0 Å². The fourth-order valence-electron chi connectivity index (χ4n) is 1.71. The molecule has 0 fully saturated rings. The normalized spacial score (nSPS) is 10.4. The first-order valence-corrected chi connectivity index (χ1v) is 8.87. The van der Waals surface area contributed by atoms with Gasteiger partial charge < -0.3 is 10.1 Å². The van der Waals surface area contributed by atoms with E-state index in [1.54, 1.807) is 23.1 Å². The second kappa shape index (κ2) is 8.32. The summed E-state index contributed by atoms with van der Waals surface area (Å²) in [4.78, 5) is 13.1. The lowest BCUT2D eigenvalue weighted by atomic mass is 10.3. The standard InChI is InChI=1S/C15H16ClNO2S2/c1-2-19-13-6-4-3-5-12(13)17-15(18)10-20-9-11-7-8-14(16)21-11/h3-8H,2,9-10H2,1H3,(H,17,18). The van der Waals surface area contributed by atoms with Crippen LogP contribution in [0.15, 0.2) is 36.4 Å². The van der Waals surface area contributed by atoms with Gasteiger partial charge in [-0.3, -0.25) is 4.79 Å². The van der Waals surface area contributed by atoms with Crippen molar-refractivity contribution in [2.75, 3.05) is 17.7 Å². The van der Waals surface area contributed by atoms with Crippen LogP contribution in [-0.4, -0.2) is 18.3 Å². The fraction of sp³-hybridized carbons (Fsp3) is 0.267. The molecule has 1 aromatic carbocycles. The molecule has 0 saturated carbocycles. The van der Waals surface area contributed by atoms with E-state index in [4.69, 9.17) is 16.3 Å². The molecule has 1 aromatic heterocycles. The van der Waals surface area contributed by atoms with Gasteiger partial charge in [0.05, 0.1) is 22.4 Å². The number of nitrogens with one attached hydrogen (secondary N) is 1. The molecule has 0 aliphatic rings. The predicted octanol–water partition coefficient (Wildman–Crippen LogP) is 4.67. The van der Waals surface area contributed by atoms with Crippen molar-refractivity contribution in [3.05, 3.63) is 45.6 Å². The number of thioether (sulfide) groups is 1. The summed E-state index contributed by atoms with van der Waals surface area (Å²) < 4.78 is 6.26. The largest absolute Gasteiger partial charge is 0.492 e. The highest BCUT2D eigenvalue weighted by molar-refractivity contribution is 7.99. The Labute approximate surface area is 137 Å². The molecule has 0 saturated heterocycles. The summed E-state index contributed by atoms with van der Waals surface area (Å²) >= 11 is 8.98. The van der Waals surface area contributed by atoms with E-state index in [1.807, 2.05) is 43.3 Å². The van der Waals surface area contributed by atoms with Gasteiger partial charge in [0, 0.05) is 10.6 Å². The summed E-state index contributed by atoms with van der Waals surface area (Å²) in [6, 6.07) is 11.3. The van der Waals surface area contributed by atoms with Crippen molar-refractivity contribution in [2.45, 2.75) is 12.7 Å². The number of carbonyl (C=O) groups excluding carboxylic acids is 1. The first-order valence-electron chi connectivity index (χ1n) is 6.52. The van der Waals surface area contributed by atoms with Crippen molar-refractivity contribution in [1.82, 2.24) is 0 Å². The minimum atomic E-state index is -0.0326. The molecule has 0 aliphatic carbocycles. The van der Waals surface area contributed by atoms with Gasteiger partial charge in [-0.2, -0.15) is 0 Å². The molecule has 0 unspecified atom stereocenters. The Morgan fingerprint density at radius 2 is 2.14 bits per heavy atom. The number of ether oxygens (including phenoxy) is 1. The molecule has 2 rings (SSSR count). The van der Waals surface area contributed by atoms with Gasteiger partial charge in [0.2, 0.25) is 5.91 Å². The van der Waals surface area contributed by atoms with Gasteiger partial charge in [-0.05, 0) is 31.2 Å². The second-order valence-electron chi connectivity index (χ2n) is 4.18. The van der Waals surface area contributed by atoms with Gasteiger partial charge in [-0.15, -0.1) is 23.1 Å². The Balaban J connectivity index is 1.81. The predicted molar refractivity (Wildman–Crippen MR) is 91.7 cm³/mol. The Morgan fingerprint density at radius 3 is 2.86 bits per heavy atom. The van der Waals surface area contributed by atoms with E-state index in [-0.39, 0.29) is 5.91 Å². The molecule has 1 amide bonds. The fourth-order valence-corrected chi connectivity index (χ4v) is 3.74. The van der Waals surface area contributed by atoms with Crippen LogP contribution < -0.4 is 10.1 Å². The number of hydrogen-bond donors (Lipinski definition) is 1. The smallest absolute Gasteiger partial charge is 0.234 e. The quantitative estimate of drug-likeness (QED) is 0.795. The summed E-state index contributed by atoms with van der Waals surface area (Å²) in [5, 5.41) is 2.88. The van der Waals surface area contributed by atoms with Gasteiger partial charge in [-0.1, -0.05) is 23.7 Å². The molecule has 2 aromatic rings. The SMILES string of the molecule is CCOc1ccccc1NC(=O)CSCc1ccc(Cl)s1. The molecule has 1 N–H and O–H groups in total. The third kappa shape index (κ3) is 5.26. The van der Waals surface area contributed by atoms with Crippen LogP contribution in [0.4, 0.5) is 5.69 Å². The first-order chi connectivity index (χ1) is 10.2. The van der Waals surface area contributed by atoms with Crippen LogP contribution in [0.3, 0.4) is 0 Å². The van der Waals surface area contributed by atoms with Crippen molar-refractivity contribution < 1.29 is 9.53 Å². The maximum absolute atomic E-state index is 12.0. The van der Waals surface area contributed by atoms with Crippen LogP contribution in [0.5, 0.6) is 5.75 Å². The lowest BCUT2D eigenvalue weighted by Crippen LogP contribution is -2.15. The van der Waals surface area contributed by atoms with Gasteiger partial charge in [0.25, 0.3) is 0 Å². The molecule has 1 heterocycles. The van der Waals surface area contributed by atoms with E-state index >= 15 is 0 Å². The van der Waals surface area contributed by atoms with Crippen LogP contribution in [0.2, 0.25) is 4.34 Å². The summed E-state index contributed by atoms with van der Waals surface area (Å²) in [7, 11) is 0. The maximum Gasteiger partial charge on any atom is 0.234 e. The molecule has 21 heavy (non-hydrogen) atoms.